The average molecular weight is 367 g/mol. The van der Waals surface area contributed by atoms with E-state index in [-0.39, 0.29) is 27.8 Å². The number of carbonyl (C=O) groups is 1. The number of hydrogen-bond acceptors (Lipinski definition) is 5. The number of fused-ring (bicyclic) bond motifs is 1. The first-order valence-corrected chi connectivity index (χ1v) is 10.4. The number of nitrogens with zero attached hydrogens (tertiary/aromatic N) is 2. The molecule has 0 saturated carbocycles. The summed E-state index contributed by atoms with van der Waals surface area (Å²) in [6.45, 7) is 4.73. The van der Waals surface area contributed by atoms with Gasteiger partial charge in [0.2, 0.25) is 5.91 Å². The monoisotopic (exact) mass is 367 g/mol. The molecule has 1 aromatic rings. The summed E-state index contributed by atoms with van der Waals surface area (Å²) in [5.41, 5.74) is 1.48. The first-order chi connectivity index (χ1) is 11.4. The van der Waals surface area contributed by atoms with Crippen LogP contribution in [0.15, 0.2) is 27.5 Å². The molecule has 1 atom stereocenters. The maximum absolute atomic E-state index is 12.4. The number of amides is 1. The van der Waals surface area contributed by atoms with E-state index >= 15 is 0 Å². The number of piperidine rings is 1. The zero-order valence-corrected chi connectivity index (χ0v) is 15.4. The van der Waals surface area contributed by atoms with E-state index in [1.807, 2.05) is 11.8 Å². The molecule has 2 aliphatic heterocycles. The number of aryl methyl sites for hydroxylation is 1. The lowest BCUT2D eigenvalue weighted by molar-refractivity contribution is -0.131. The van der Waals surface area contributed by atoms with Crippen molar-refractivity contribution in [3.05, 3.63) is 23.8 Å². The zero-order chi connectivity index (χ0) is 17.3. The van der Waals surface area contributed by atoms with Crippen molar-refractivity contribution in [2.24, 2.45) is 4.40 Å². The van der Waals surface area contributed by atoms with Crippen molar-refractivity contribution in [1.29, 1.82) is 0 Å². The van der Waals surface area contributed by atoms with Gasteiger partial charge in [0.1, 0.15) is 4.90 Å². The van der Waals surface area contributed by atoms with Gasteiger partial charge in [0.15, 0.2) is 5.17 Å². The minimum Gasteiger partial charge on any atom is -0.339 e. The van der Waals surface area contributed by atoms with E-state index in [0.717, 1.165) is 43.1 Å². The highest BCUT2D eigenvalue weighted by Crippen LogP contribution is 2.30. The molecule has 130 valence electrons. The van der Waals surface area contributed by atoms with Gasteiger partial charge in [-0.05, 0) is 50.8 Å². The second kappa shape index (κ2) is 6.76. The molecule has 24 heavy (non-hydrogen) atoms. The third kappa shape index (κ3) is 3.59. The Balaban J connectivity index is 1.70. The molecule has 0 aliphatic carbocycles. The van der Waals surface area contributed by atoms with Crippen molar-refractivity contribution in [3.8, 4) is 0 Å². The Kier molecular flexibility index (Phi) is 4.87. The number of anilines is 1. The lowest BCUT2D eigenvalue weighted by atomic mass is 10.0. The van der Waals surface area contributed by atoms with E-state index in [9.17, 15) is 13.2 Å². The van der Waals surface area contributed by atoms with Crippen LogP contribution in [0, 0.1) is 6.92 Å². The summed E-state index contributed by atoms with van der Waals surface area (Å²) in [6.07, 6.45) is 3.21. The second-order valence-electron chi connectivity index (χ2n) is 6.22. The van der Waals surface area contributed by atoms with Crippen LogP contribution in [0.2, 0.25) is 0 Å². The Bertz CT molecular complexity index is 790. The quantitative estimate of drug-likeness (QED) is 0.869. The highest BCUT2D eigenvalue weighted by atomic mass is 32.2. The molecule has 0 spiro atoms. The molecule has 1 saturated heterocycles. The van der Waals surface area contributed by atoms with Crippen LogP contribution in [0.4, 0.5) is 5.69 Å². The summed E-state index contributed by atoms with van der Waals surface area (Å²) in [7, 11) is -3.71. The van der Waals surface area contributed by atoms with Crippen molar-refractivity contribution < 1.29 is 13.2 Å². The van der Waals surface area contributed by atoms with E-state index in [4.69, 9.17) is 0 Å². The molecular formula is C16H21N3O3S2. The van der Waals surface area contributed by atoms with Crippen LogP contribution in [-0.2, 0) is 14.8 Å². The maximum Gasteiger partial charge on any atom is 0.286 e. The number of rotatable bonds is 2. The number of nitrogens with one attached hydrogen (secondary N) is 1. The molecule has 2 aliphatic rings. The largest absolute Gasteiger partial charge is 0.339 e. The highest BCUT2D eigenvalue weighted by Gasteiger charge is 2.27. The molecule has 1 amide bonds. The third-order valence-electron chi connectivity index (χ3n) is 4.31. The molecule has 1 aromatic carbocycles. The van der Waals surface area contributed by atoms with Crippen LogP contribution in [0.25, 0.3) is 0 Å². The molecule has 2 heterocycles. The van der Waals surface area contributed by atoms with E-state index in [1.54, 1.807) is 18.2 Å². The van der Waals surface area contributed by atoms with E-state index in [0.29, 0.717) is 5.69 Å². The summed E-state index contributed by atoms with van der Waals surface area (Å²) >= 11 is 1.14. The van der Waals surface area contributed by atoms with Crippen LogP contribution in [-0.4, -0.2) is 42.7 Å². The second-order valence-corrected chi connectivity index (χ2v) is 8.75. The smallest absolute Gasteiger partial charge is 0.286 e. The van der Waals surface area contributed by atoms with Crippen molar-refractivity contribution >= 4 is 38.5 Å². The topological polar surface area (TPSA) is 78.8 Å². The fourth-order valence-electron chi connectivity index (χ4n) is 3.01. The van der Waals surface area contributed by atoms with Crippen LogP contribution in [0.5, 0.6) is 0 Å². The van der Waals surface area contributed by atoms with Crippen LogP contribution >= 0.6 is 11.8 Å². The van der Waals surface area contributed by atoms with Crippen molar-refractivity contribution in [2.45, 2.75) is 44.0 Å². The number of thioether (sulfide) groups is 1. The molecule has 3 rings (SSSR count). The molecule has 6 nitrogen and oxygen atoms in total. The van der Waals surface area contributed by atoms with E-state index in [1.165, 1.54) is 0 Å². The van der Waals surface area contributed by atoms with Crippen molar-refractivity contribution in [2.75, 3.05) is 17.6 Å². The Labute approximate surface area is 146 Å². The number of likely N-dealkylation sites (tertiary alicyclic amines) is 1. The molecule has 1 fully saturated rings. The van der Waals surface area contributed by atoms with Gasteiger partial charge in [-0.1, -0.05) is 17.8 Å². The Morgan fingerprint density at radius 1 is 1.42 bits per heavy atom. The minimum absolute atomic E-state index is 0.0316. The van der Waals surface area contributed by atoms with Gasteiger partial charge in [0.25, 0.3) is 10.0 Å². The van der Waals surface area contributed by atoms with Gasteiger partial charge in [0, 0.05) is 12.6 Å². The zero-order valence-electron chi connectivity index (χ0n) is 13.8. The van der Waals surface area contributed by atoms with Gasteiger partial charge in [-0.15, -0.1) is 4.40 Å². The van der Waals surface area contributed by atoms with Crippen LogP contribution < -0.4 is 5.32 Å². The van der Waals surface area contributed by atoms with Crippen molar-refractivity contribution in [3.63, 3.8) is 0 Å². The van der Waals surface area contributed by atoms with Crippen LogP contribution in [0.3, 0.4) is 0 Å². The molecule has 8 heteroatoms. The first-order valence-electron chi connectivity index (χ1n) is 8.02. The molecule has 0 radical (unpaired) electrons. The number of carbonyl (C=O) groups excluding carboxylic acids is 1. The van der Waals surface area contributed by atoms with Gasteiger partial charge in [-0.2, -0.15) is 8.42 Å². The predicted octanol–water partition coefficient (Wildman–Crippen LogP) is 2.60. The normalized spacial score (nSPS) is 22.3. The Morgan fingerprint density at radius 2 is 2.21 bits per heavy atom. The number of benzene rings is 1. The average Bonchev–Trinajstić information content (AvgIpc) is 2.52. The fourth-order valence-corrected chi connectivity index (χ4v) is 5.11. The maximum atomic E-state index is 12.4. The fraction of sp³-hybridized carbons (Fsp3) is 0.500. The van der Waals surface area contributed by atoms with E-state index < -0.39 is 10.0 Å². The lowest BCUT2D eigenvalue weighted by Crippen LogP contribution is -2.43. The molecule has 1 N–H and O–H groups in total. The van der Waals surface area contributed by atoms with E-state index in [2.05, 4.69) is 16.6 Å². The standard InChI is InChI=1S/C16H21N3O3S2/c1-11-6-7-14-13(9-11)17-16(18-24(14,21)22)23-10-15(20)19-8-4-3-5-12(19)2/h6-7,9,12H,3-5,8,10H2,1-2H3,(H,17,18)/t12-/m1/s1. The van der Waals surface area contributed by atoms with Crippen molar-refractivity contribution in [1.82, 2.24) is 4.90 Å². The third-order valence-corrected chi connectivity index (χ3v) is 6.62. The molecule has 0 unspecified atom stereocenters. The summed E-state index contributed by atoms with van der Waals surface area (Å²) in [5, 5.41) is 3.28. The number of sulfonamides is 1. The summed E-state index contributed by atoms with van der Waals surface area (Å²) < 4.78 is 28.3. The lowest BCUT2D eigenvalue weighted by Gasteiger charge is -2.33. The van der Waals surface area contributed by atoms with Gasteiger partial charge in [0.05, 0.1) is 11.4 Å². The summed E-state index contributed by atoms with van der Waals surface area (Å²) in [5.74, 6) is 0.219. The predicted molar refractivity (Wildman–Crippen MR) is 96.9 cm³/mol. The van der Waals surface area contributed by atoms with Gasteiger partial charge in [-0.25, -0.2) is 0 Å². The SMILES string of the molecule is Cc1ccc2c(c1)NC(SCC(=O)N1CCCC[C@H]1C)=NS2(=O)=O. The minimum atomic E-state index is -3.71. The van der Waals surface area contributed by atoms with Gasteiger partial charge in [-0.3, -0.25) is 4.79 Å². The van der Waals surface area contributed by atoms with Crippen LogP contribution in [0.1, 0.15) is 31.7 Å². The molecular weight excluding hydrogens is 346 g/mol. The summed E-state index contributed by atoms with van der Waals surface area (Å²) in [6, 6.07) is 5.32. The first kappa shape index (κ1) is 17.3. The highest BCUT2D eigenvalue weighted by molar-refractivity contribution is 8.15. The van der Waals surface area contributed by atoms with Gasteiger partial charge >= 0.3 is 0 Å². The summed E-state index contributed by atoms with van der Waals surface area (Å²) in [4.78, 5) is 14.4. The van der Waals surface area contributed by atoms with Gasteiger partial charge < -0.3 is 10.2 Å². The Morgan fingerprint density at radius 3 is 2.96 bits per heavy atom. The number of amidine groups is 1. The molecule has 0 bridgehead atoms. The number of hydrogen-bond donors (Lipinski definition) is 1. The molecule has 0 aromatic heterocycles. The Hall–Kier alpha value is -1.54.